The van der Waals surface area contributed by atoms with E-state index in [9.17, 15) is 4.21 Å². The topological polar surface area (TPSA) is 55.1 Å². The van der Waals surface area contributed by atoms with Crippen LogP contribution >= 0.6 is 23.8 Å². The molecule has 6 heteroatoms. The number of nitrogens with two attached hydrogens (primary N) is 1. The summed E-state index contributed by atoms with van der Waals surface area (Å²) >= 11 is 10.8. The van der Waals surface area contributed by atoms with Gasteiger partial charge < -0.3 is 11.1 Å². The standard InChI is InChI=1S/C11H15ClN2OS2/c1-2-17(15)6-5-14-10-4-3-8(12)7-9(10)11(13)16/h3-4,7,14H,2,5-6H2,1H3,(H2,13,16). The fourth-order valence-electron chi connectivity index (χ4n) is 1.32. The van der Waals surface area contributed by atoms with Gasteiger partial charge in [-0.3, -0.25) is 4.21 Å². The number of hydrogen-bond acceptors (Lipinski definition) is 3. The molecule has 1 aromatic carbocycles. The molecule has 3 N–H and O–H groups in total. The van der Waals surface area contributed by atoms with Crippen LogP contribution in [0.15, 0.2) is 18.2 Å². The highest BCUT2D eigenvalue weighted by Crippen LogP contribution is 2.20. The van der Waals surface area contributed by atoms with Gasteiger partial charge in [-0.25, -0.2) is 0 Å². The maximum Gasteiger partial charge on any atom is 0.106 e. The first-order valence-corrected chi connectivity index (χ1v) is 7.50. The van der Waals surface area contributed by atoms with E-state index in [2.05, 4.69) is 5.32 Å². The zero-order valence-electron chi connectivity index (χ0n) is 9.53. The van der Waals surface area contributed by atoms with Gasteiger partial charge in [-0.2, -0.15) is 0 Å². The number of anilines is 1. The molecule has 0 heterocycles. The number of rotatable bonds is 6. The van der Waals surface area contributed by atoms with Crippen molar-refractivity contribution >= 4 is 45.3 Å². The van der Waals surface area contributed by atoms with Crippen molar-refractivity contribution in [2.45, 2.75) is 6.92 Å². The van der Waals surface area contributed by atoms with Crippen molar-refractivity contribution in [3.63, 3.8) is 0 Å². The summed E-state index contributed by atoms with van der Waals surface area (Å²) in [5, 5.41) is 3.76. The molecule has 1 unspecified atom stereocenters. The Bertz CT molecular complexity index is 437. The van der Waals surface area contributed by atoms with Crippen LogP contribution in [0.5, 0.6) is 0 Å². The fourth-order valence-corrected chi connectivity index (χ4v) is 2.28. The van der Waals surface area contributed by atoms with Crippen LogP contribution in [0.25, 0.3) is 0 Å². The molecule has 0 saturated carbocycles. The monoisotopic (exact) mass is 290 g/mol. The Kier molecular flexibility index (Phi) is 5.88. The summed E-state index contributed by atoms with van der Waals surface area (Å²) in [5.74, 6) is 1.28. The van der Waals surface area contributed by atoms with E-state index >= 15 is 0 Å². The van der Waals surface area contributed by atoms with Crippen molar-refractivity contribution in [1.82, 2.24) is 0 Å². The molecule has 0 amide bonds. The highest BCUT2D eigenvalue weighted by atomic mass is 35.5. The van der Waals surface area contributed by atoms with Crippen molar-refractivity contribution in [3.05, 3.63) is 28.8 Å². The van der Waals surface area contributed by atoms with Gasteiger partial charge in [-0.15, -0.1) is 0 Å². The quantitative estimate of drug-likeness (QED) is 0.788. The zero-order chi connectivity index (χ0) is 12.8. The van der Waals surface area contributed by atoms with Gasteiger partial charge in [0.15, 0.2) is 0 Å². The van der Waals surface area contributed by atoms with E-state index in [1.54, 1.807) is 12.1 Å². The summed E-state index contributed by atoms with van der Waals surface area (Å²) in [4.78, 5) is 0.298. The Hall–Kier alpha value is -0.650. The molecule has 94 valence electrons. The van der Waals surface area contributed by atoms with Crippen LogP contribution in [0.2, 0.25) is 5.02 Å². The van der Waals surface area contributed by atoms with E-state index in [0.29, 0.717) is 28.1 Å². The lowest BCUT2D eigenvalue weighted by molar-refractivity contribution is 0.684. The number of halogens is 1. The van der Waals surface area contributed by atoms with Crippen LogP contribution in [0, 0.1) is 0 Å². The van der Waals surface area contributed by atoms with Crippen molar-refractivity contribution in [2.75, 3.05) is 23.4 Å². The first-order chi connectivity index (χ1) is 8.04. The first kappa shape index (κ1) is 14.4. The third-order valence-corrected chi connectivity index (χ3v) is 3.97. The smallest absolute Gasteiger partial charge is 0.106 e. The molecule has 0 spiro atoms. The van der Waals surface area contributed by atoms with E-state index in [1.807, 2.05) is 13.0 Å². The van der Waals surface area contributed by atoms with Gasteiger partial charge in [-0.05, 0) is 18.2 Å². The molecule has 0 bridgehead atoms. The molecule has 0 saturated heterocycles. The largest absolute Gasteiger partial charge is 0.389 e. The highest BCUT2D eigenvalue weighted by molar-refractivity contribution is 7.84. The predicted molar refractivity (Wildman–Crippen MR) is 79.4 cm³/mol. The molecule has 0 aromatic heterocycles. The van der Waals surface area contributed by atoms with Crippen molar-refractivity contribution in [3.8, 4) is 0 Å². The molecule has 0 aliphatic rings. The summed E-state index contributed by atoms with van der Waals surface area (Å²) in [6.07, 6.45) is 0. The SMILES string of the molecule is CCS(=O)CCNc1ccc(Cl)cc1C(N)=S. The fraction of sp³-hybridized carbons (Fsp3) is 0.364. The van der Waals surface area contributed by atoms with E-state index < -0.39 is 10.8 Å². The second kappa shape index (κ2) is 6.93. The van der Waals surface area contributed by atoms with Gasteiger partial charge in [0.05, 0.1) is 0 Å². The minimum absolute atomic E-state index is 0.298. The summed E-state index contributed by atoms with van der Waals surface area (Å²) in [6.45, 7) is 2.52. The van der Waals surface area contributed by atoms with Gasteiger partial charge in [-0.1, -0.05) is 30.7 Å². The van der Waals surface area contributed by atoms with Gasteiger partial charge in [0.25, 0.3) is 0 Å². The third kappa shape index (κ3) is 4.61. The summed E-state index contributed by atoms with van der Waals surface area (Å²) in [5.41, 5.74) is 7.16. The molecule has 1 atom stereocenters. The minimum atomic E-state index is -0.775. The Balaban J connectivity index is 2.70. The zero-order valence-corrected chi connectivity index (χ0v) is 11.9. The second-order valence-corrected chi connectivity index (χ2v) is 6.16. The summed E-state index contributed by atoms with van der Waals surface area (Å²) in [6, 6.07) is 5.32. The molecule has 0 fully saturated rings. The average Bonchev–Trinajstić information content (AvgIpc) is 2.30. The van der Waals surface area contributed by atoms with Crippen LogP contribution in [-0.2, 0) is 10.8 Å². The number of benzene rings is 1. The maximum absolute atomic E-state index is 11.3. The lowest BCUT2D eigenvalue weighted by Crippen LogP contribution is -2.16. The van der Waals surface area contributed by atoms with Crippen LogP contribution in [0.1, 0.15) is 12.5 Å². The van der Waals surface area contributed by atoms with Crippen LogP contribution in [0.3, 0.4) is 0 Å². The number of nitrogens with one attached hydrogen (secondary N) is 1. The van der Waals surface area contributed by atoms with E-state index in [4.69, 9.17) is 29.6 Å². The second-order valence-electron chi connectivity index (χ2n) is 3.41. The van der Waals surface area contributed by atoms with Gasteiger partial charge >= 0.3 is 0 Å². The Morgan fingerprint density at radius 3 is 2.88 bits per heavy atom. The molecular weight excluding hydrogens is 276 g/mol. The molecule has 0 aliphatic heterocycles. The first-order valence-electron chi connectivity index (χ1n) is 5.22. The third-order valence-electron chi connectivity index (χ3n) is 2.21. The summed E-state index contributed by atoms with van der Waals surface area (Å²) < 4.78 is 11.3. The molecular formula is C11H15ClN2OS2. The van der Waals surface area contributed by atoms with Gasteiger partial charge in [0.2, 0.25) is 0 Å². The lowest BCUT2D eigenvalue weighted by Gasteiger charge is -2.11. The predicted octanol–water partition coefficient (Wildman–Crippen LogP) is 2.15. The van der Waals surface area contributed by atoms with Crippen molar-refractivity contribution in [1.29, 1.82) is 0 Å². The van der Waals surface area contributed by atoms with Gasteiger partial charge in [0, 0.05) is 45.1 Å². The maximum atomic E-state index is 11.3. The average molecular weight is 291 g/mol. The molecule has 3 nitrogen and oxygen atoms in total. The van der Waals surface area contributed by atoms with Crippen LogP contribution in [-0.4, -0.2) is 27.2 Å². The van der Waals surface area contributed by atoms with Crippen molar-refractivity contribution in [2.24, 2.45) is 5.73 Å². The Morgan fingerprint density at radius 2 is 2.29 bits per heavy atom. The normalized spacial score (nSPS) is 12.1. The van der Waals surface area contributed by atoms with E-state index in [-0.39, 0.29) is 0 Å². The molecule has 0 radical (unpaired) electrons. The molecule has 0 aliphatic carbocycles. The molecule has 1 aromatic rings. The van der Waals surface area contributed by atoms with E-state index in [0.717, 1.165) is 11.3 Å². The number of thiocarbonyl (C=S) groups is 1. The highest BCUT2D eigenvalue weighted by Gasteiger charge is 2.06. The van der Waals surface area contributed by atoms with Crippen molar-refractivity contribution < 1.29 is 4.21 Å². The molecule has 1 rings (SSSR count). The van der Waals surface area contributed by atoms with Crippen LogP contribution in [0.4, 0.5) is 5.69 Å². The minimum Gasteiger partial charge on any atom is -0.389 e. The van der Waals surface area contributed by atoms with E-state index in [1.165, 1.54) is 0 Å². The van der Waals surface area contributed by atoms with Crippen LogP contribution < -0.4 is 11.1 Å². The summed E-state index contributed by atoms with van der Waals surface area (Å²) in [7, 11) is -0.775. The number of hydrogen-bond donors (Lipinski definition) is 2. The molecule has 17 heavy (non-hydrogen) atoms. The Labute approximate surface area is 114 Å². The Morgan fingerprint density at radius 1 is 1.59 bits per heavy atom. The van der Waals surface area contributed by atoms with Gasteiger partial charge in [0.1, 0.15) is 4.99 Å². The lowest BCUT2D eigenvalue weighted by atomic mass is 10.2.